The maximum atomic E-state index is 12.4. The summed E-state index contributed by atoms with van der Waals surface area (Å²) in [6, 6.07) is 23.5. The minimum absolute atomic E-state index is 0. The number of aliphatic hydroxyl groups is 1. The molecule has 0 aliphatic rings. The van der Waals surface area contributed by atoms with Gasteiger partial charge in [0.25, 0.3) is 0 Å². The van der Waals surface area contributed by atoms with E-state index in [4.69, 9.17) is 9.10 Å². The summed E-state index contributed by atoms with van der Waals surface area (Å²) in [4.78, 5) is 17.2. The van der Waals surface area contributed by atoms with Crippen LogP contribution in [0.5, 0.6) is 0 Å². The van der Waals surface area contributed by atoms with Crippen molar-refractivity contribution in [1.29, 1.82) is 0 Å². The molecule has 0 amide bonds. The molecule has 1 N–H and O–H groups in total. The number of hydrogen-bond acceptors (Lipinski definition) is 4. The third kappa shape index (κ3) is 8.65. The molecule has 0 bridgehead atoms. The molecule has 0 aliphatic carbocycles. The number of hydrogen-bond donors (Lipinski definition) is 1. The van der Waals surface area contributed by atoms with Gasteiger partial charge in [0.05, 0.1) is 0 Å². The van der Waals surface area contributed by atoms with Gasteiger partial charge in [-0.2, -0.15) is 0 Å². The van der Waals surface area contributed by atoms with Gasteiger partial charge in [-0.05, 0) is 67.3 Å². The quantitative estimate of drug-likeness (QED) is 0.0865. The maximum absolute atomic E-state index is 12.4. The SMILES string of the molecule is CC(C)Cc1cccc2c1sc1c(-c3[c-]c4ccccc4c(C(C)(C)C)c3)nccc12.[2H]C([2H])([2H])/C(C(=O)C(CC)CC)=C(/O)C(CC)CC.[Ir]. The molecule has 0 unspecified atom stereocenters. The number of allylic oxidation sites excluding steroid dienone is 2. The van der Waals surface area contributed by atoms with Crippen molar-refractivity contribution in [2.24, 2.45) is 17.8 Å². The summed E-state index contributed by atoms with van der Waals surface area (Å²) in [7, 11) is 0. The molecular weight excluding hydrogens is 787 g/mol. The largest absolute Gasteiger partial charge is 0.512 e. The number of benzene rings is 3. The van der Waals surface area contributed by atoms with Crippen LogP contribution in [0.1, 0.15) is 110 Å². The molecule has 259 valence electrons. The topological polar surface area (TPSA) is 50.2 Å². The fourth-order valence-electron chi connectivity index (χ4n) is 6.42. The van der Waals surface area contributed by atoms with Gasteiger partial charge >= 0.3 is 0 Å². The summed E-state index contributed by atoms with van der Waals surface area (Å²) in [5.41, 5.74) is 4.61. The third-order valence-corrected chi connectivity index (χ3v) is 10.5. The number of aromatic nitrogens is 1. The van der Waals surface area contributed by atoms with Crippen LogP contribution in [0.3, 0.4) is 0 Å². The first kappa shape index (κ1) is 35.0. The van der Waals surface area contributed by atoms with Crippen LogP contribution < -0.4 is 0 Å². The van der Waals surface area contributed by atoms with E-state index in [0.29, 0.717) is 31.6 Å². The Kier molecular flexibility index (Phi) is 12.5. The van der Waals surface area contributed by atoms with Crippen molar-refractivity contribution >= 4 is 48.1 Å². The molecule has 0 saturated heterocycles. The average Bonchev–Trinajstić information content (AvgIpc) is 3.44. The van der Waals surface area contributed by atoms with Crippen molar-refractivity contribution in [3.05, 3.63) is 89.3 Å². The summed E-state index contributed by atoms with van der Waals surface area (Å²) in [6.07, 6.45) is 5.48. The number of aliphatic hydroxyl groups excluding tert-OH is 1. The number of pyridine rings is 1. The molecule has 0 saturated carbocycles. The van der Waals surface area contributed by atoms with Gasteiger partial charge in [0.15, 0.2) is 5.78 Å². The first-order valence-electron chi connectivity index (χ1n) is 18.8. The van der Waals surface area contributed by atoms with E-state index in [1.165, 1.54) is 36.7 Å². The Morgan fingerprint density at radius 3 is 2.12 bits per heavy atom. The van der Waals surface area contributed by atoms with Crippen LogP contribution in [-0.2, 0) is 36.7 Å². The minimum atomic E-state index is -2.55. The van der Waals surface area contributed by atoms with Gasteiger partial charge < -0.3 is 5.11 Å². The van der Waals surface area contributed by atoms with Crippen LogP contribution in [-0.4, -0.2) is 15.9 Å². The monoisotopic (exact) mass is 844 g/mol. The van der Waals surface area contributed by atoms with E-state index in [1.54, 1.807) is 0 Å². The molecule has 5 rings (SSSR count). The summed E-state index contributed by atoms with van der Waals surface area (Å²) >= 11 is 1.89. The van der Waals surface area contributed by atoms with Crippen molar-refractivity contribution in [3.8, 4) is 11.3 Å². The smallest absolute Gasteiger partial charge is 0.164 e. The minimum Gasteiger partial charge on any atom is -0.512 e. The van der Waals surface area contributed by atoms with Gasteiger partial charge in [-0.15, -0.1) is 40.5 Å². The Bertz CT molecular complexity index is 1980. The van der Waals surface area contributed by atoms with E-state index in [2.05, 4.69) is 95.3 Å². The molecular formula is C43H54IrNO2S-. The van der Waals surface area contributed by atoms with Crippen LogP contribution in [0.2, 0.25) is 0 Å². The van der Waals surface area contributed by atoms with Crippen molar-refractivity contribution in [2.45, 2.75) is 107 Å². The molecule has 0 aliphatic heterocycles. The predicted molar refractivity (Wildman–Crippen MR) is 205 cm³/mol. The van der Waals surface area contributed by atoms with Crippen LogP contribution >= 0.6 is 11.3 Å². The zero-order chi connectivity index (χ0) is 37.0. The standard InChI is InChI=1S/C29H28NS.C14H26O2.Ir/c1-18(2)15-20-10-8-12-23-24-13-14-30-26(28(24)31-27(20)23)21-16-19-9-6-7-11-22(19)25(17-21)29(3,4)5;1-6-11(7-2)13(15)10(5)14(16)12(8-3)9-4;/h6-14,17-18H,15H2,1-5H3;11-12,15H,6-9H2,1-5H3;/q-1;;/b;13-10-;/i;5D3;. The summed E-state index contributed by atoms with van der Waals surface area (Å²) in [6.45, 7) is 16.3. The first-order valence-corrected chi connectivity index (χ1v) is 18.1. The number of carbonyl (C=O) groups excluding carboxylic acids is 1. The first-order chi connectivity index (χ1) is 23.6. The molecule has 0 fully saturated rings. The van der Waals surface area contributed by atoms with Crippen LogP contribution in [0, 0.1) is 23.8 Å². The number of nitrogens with zero attached hydrogens (tertiary/aromatic N) is 1. The molecule has 2 heterocycles. The Balaban J connectivity index is 0.000000306. The van der Waals surface area contributed by atoms with Crippen molar-refractivity contribution in [2.75, 3.05) is 0 Å². The molecule has 3 nitrogen and oxygen atoms in total. The van der Waals surface area contributed by atoms with E-state index in [9.17, 15) is 9.90 Å². The molecule has 5 heteroatoms. The van der Waals surface area contributed by atoms with E-state index in [0.717, 1.165) is 23.1 Å². The van der Waals surface area contributed by atoms with Gasteiger partial charge in [0.1, 0.15) is 5.76 Å². The van der Waals surface area contributed by atoms with E-state index < -0.39 is 12.6 Å². The molecule has 48 heavy (non-hydrogen) atoms. The Morgan fingerprint density at radius 2 is 1.52 bits per heavy atom. The maximum Gasteiger partial charge on any atom is 0.164 e. The van der Waals surface area contributed by atoms with Gasteiger partial charge in [-0.3, -0.25) is 9.78 Å². The third-order valence-electron chi connectivity index (χ3n) is 9.19. The second-order valence-corrected chi connectivity index (χ2v) is 15.1. The van der Waals surface area contributed by atoms with E-state index in [1.807, 2.05) is 45.2 Å². The second kappa shape index (κ2) is 17.2. The van der Waals surface area contributed by atoms with Gasteiger partial charge in [-0.25, -0.2) is 0 Å². The van der Waals surface area contributed by atoms with E-state index in [-0.39, 0.29) is 48.7 Å². The fraction of sp³-hybridized carbons (Fsp3) is 0.442. The predicted octanol–water partition coefficient (Wildman–Crippen LogP) is 12.8. The average molecular weight is 844 g/mol. The van der Waals surface area contributed by atoms with Crippen LogP contribution in [0.4, 0.5) is 0 Å². The normalized spacial score (nSPS) is 13.6. The number of ketones is 1. The molecule has 3 aromatic carbocycles. The second-order valence-electron chi connectivity index (χ2n) is 14.1. The van der Waals surface area contributed by atoms with Crippen LogP contribution in [0.25, 0.3) is 42.2 Å². The fourth-order valence-corrected chi connectivity index (χ4v) is 7.75. The number of Topliss-reactive ketones (excluding diaryl/α,β-unsaturated/α-hetero) is 1. The van der Waals surface area contributed by atoms with Gasteiger partial charge in [0.2, 0.25) is 0 Å². The number of fused-ring (bicyclic) bond motifs is 4. The number of thiophene rings is 1. The molecule has 0 atom stereocenters. The zero-order valence-corrected chi connectivity index (χ0v) is 33.3. The Labute approximate surface area is 310 Å². The molecule has 0 spiro atoms. The van der Waals surface area contributed by atoms with E-state index >= 15 is 0 Å². The molecule has 5 aromatic rings. The molecule has 1 radical (unpaired) electrons. The number of rotatable bonds is 10. The van der Waals surface area contributed by atoms with Crippen LogP contribution in [0.15, 0.2) is 72.1 Å². The molecule has 2 aromatic heterocycles. The van der Waals surface area contributed by atoms with Gasteiger partial charge in [0, 0.05) is 68.3 Å². The summed E-state index contributed by atoms with van der Waals surface area (Å²) in [5.74, 6) is -0.603. The van der Waals surface area contributed by atoms with Crippen molar-refractivity contribution in [3.63, 3.8) is 0 Å². The Morgan fingerprint density at radius 1 is 0.896 bits per heavy atom. The Hall–Kier alpha value is -2.85. The summed E-state index contributed by atoms with van der Waals surface area (Å²) in [5, 5.41) is 15.3. The number of carbonyl (C=O) groups is 1. The van der Waals surface area contributed by atoms with Crippen molar-refractivity contribution < 1.29 is 34.1 Å². The van der Waals surface area contributed by atoms with Crippen molar-refractivity contribution in [1.82, 2.24) is 4.98 Å². The van der Waals surface area contributed by atoms with Gasteiger partial charge in [-0.1, -0.05) is 110 Å². The zero-order valence-electron chi connectivity index (χ0n) is 33.1. The summed E-state index contributed by atoms with van der Waals surface area (Å²) < 4.78 is 25.3.